The SMILES string of the molecule is C[C@@H]1CC2(CCN(C(=O)c3ccncc3)CC2)c2ccccc21. The highest BCUT2D eigenvalue weighted by Crippen LogP contribution is 2.51. The summed E-state index contributed by atoms with van der Waals surface area (Å²) in [7, 11) is 0. The summed E-state index contributed by atoms with van der Waals surface area (Å²) in [6, 6.07) is 12.5. The first-order valence-electron chi connectivity index (χ1n) is 8.48. The first-order valence-corrected chi connectivity index (χ1v) is 8.48. The van der Waals surface area contributed by atoms with Gasteiger partial charge in [0.05, 0.1) is 0 Å². The van der Waals surface area contributed by atoms with Crippen LogP contribution in [0.2, 0.25) is 0 Å². The monoisotopic (exact) mass is 306 g/mol. The van der Waals surface area contributed by atoms with Gasteiger partial charge in [0, 0.05) is 31.0 Å². The Bertz CT molecular complexity index is 717. The van der Waals surface area contributed by atoms with Crippen LogP contribution in [0, 0.1) is 0 Å². The lowest BCUT2D eigenvalue weighted by Crippen LogP contribution is -2.44. The molecule has 0 bridgehead atoms. The highest BCUT2D eigenvalue weighted by molar-refractivity contribution is 5.94. The topological polar surface area (TPSA) is 33.2 Å². The molecule has 0 radical (unpaired) electrons. The Morgan fingerprint density at radius 3 is 2.57 bits per heavy atom. The van der Waals surface area contributed by atoms with Crippen molar-refractivity contribution in [3.63, 3.8) is 0 Å². The molecule has 3 heteroatoms. The fourth-order valence-electron chi connectivity index (χ4n) is 4.50. The molecule has 1 spiro atoms. The Morgan fingerprint density at radius 2 is 1.83 bits per heavy atom. The first-order chi connectivity index (χ1) is 11.2. The van der Waals surface area contributed by atoms with Crippen molar-refractivity contribution < 1.29 is 4.79 Å². The van der Waals surface area contributed by atoms with Crippen LogP contribution in [0.25, 0.3) is 0 Å². The van der Waals surface area contributed by atoms with Gasteiger partial charge < -0.3 is 4.90 Å². The molecule has 4 rings (SSSR count). The van der Waals surface area contributed by atoms with E-state index in [1.54, 1.807) is 24.5 Å². The van der Waals surface area contributed by atoms with Gasteiger partial charge in [-0.05, 0) is 53.9 Å². The second-order valence-corrected chi connectivity index (χ2v) is 7.00. The van der Waals surface area contributed by atoms with E-state index in [4.69, 9.17) is 0 Å². The Morgan fingerprint density at radius 1 is 1.13 bits per heavy atom. The van der Waals surface area contributed by atoms with Crippen molar-refractivity contribution in [2.24, 2.45) is 0 Å². The second kappa shape index (κ2) is 5.48. The zero-order valence-electron chi connectivity index (χ0n) is 13.5. The van der Waals surface area contributed by atoms with Crippen LogP contribution in [-0.2, 0) is 5.41 Å². The minimum Gasteiger partial charge on any atom is -0.339 e. The predicted molar refractivity (Wildman–Crippen MR) is 90.5 cm³/mol. The summed E-state index contributed by atoms with van der Waals surface area (Å²) >= 11 is 0. The van der Waals surface area contributed by atoms with Gasteiger partial charge in [0.15, 0.2) is 0 Å². The van der Waals surface area contributed by atoms with Crippen LogP contribution in [0.1, 0.15) is 53.6 Å². The van der Waals surface area contributed by atoms with Crippen molar-refractivity contribution in [1.82, 2.24) is 9.88 Å². The van der Waals surface area contributed by atoms with E-state index in [-0.39, 0.29) is 11.3 Å². The molecule has 1 saturated heterocycles. The maximum atomic E-state index is 12.6. The zero-order chi connectivity index (χ0) is 15.9. The van der Waals surface area contributed by atoms with E-state index in [1.807, 2.05) is 4.90 Å². The predicted octanol–water partition coefficient (Wildman–Crippen LogP) is 3.76. The fourth-order valence-corrected chi connectivity index (χ4v) is 4.50. The van der Waals surface area contributed by atoms with Gasteiger partial charge in [0.1, 0.15) is 0 Å². The summed E-state index contributed by atoms with van der Waals surface area (Å²) < 4.78 is 0. The van der Waals surface area contributed by atoms with Crippen LogP contribution < -0.4 is 0 Å². The second-order valence-electron chi connectivity index (χ2n) is 7.00. The molecule has 1 aliphatic carbocycles. The van der Waals surface area contributed by atoms with Crippen molar-refractivity contribution in [2.45, 2.75) is 37.5 Å². The Labute approximate surface area is 137 Å². The van der Waals surface area contributed by atoms with Gasteiger partial charge in [0.25, 0.3) is 5.91 Å². The number of likely N-dealkylation sites (tertiary alicyclic amines) is 1. The third-order valence-corrected chi connectivity index (χ3v) is 5.70. The van der Waals surface area contributed by atoms with Crippen molar-refractivity contribution in [2.75, 3.05) is 13.1 Å². The Kier molecular flexibility index (Phi) is 3.44. The number of rotatable bonds is 1. The third kappa shape index (κ3) is 2.35. The molecule has 1 aliphatic heterocycles. The van der Waals surface area contributed by atoms with Gasteiger partial charge in [-0.1, -0.05) is 31.2 Å². The van der Waals surface area contributed by atoms with E-state index < -0.39 is 0 Å². The fraction of sp³-hybridized carbons (Fsp3) is 0.400. The van der Waals surface area contributed by atoms with Crippen molar-refractivity contribution >= 4 is 5.91 Å². The standard InChI is InChI=1S/C20H22N2O/c1-15-14-20(18-5-3-2-4-17(15)18)8-12-22(13-9-20)19(23)16-6-10-21-11-7-16/h2-7,10-11,15H,8-9,12-14H2,1H3/t15-/m1/s1. The zero-order valence-corrected chi connectivity index (χ0v) is 13.5. The lowest BCUT2D eigenvalue weighted by Gasteiger charge is -2.40. The summed E-state index contributed by atoms with van der Waals surface area (Å²) in [6.07, 6.45) is 6.75. The smallest absolute Gasteiger partial charge is 0.253 e. The quantitative estimate of drug-likeness (QED) is 0.803. The van der Waals surface area contributed by atoms with Crippen LogP contribution in [0.5, 0.6) is 0 Å². The van der Waals surface area contributed by atoms with Crippen LogP contribution in [0.3, 0.4) is 0 Å². The Balaban J connectivity index is 1.53. The lowest BCUT2D eigenvalue weighted by molar-refractivity contribution is 0.0663. The van der Waals surface area contributed by atoms with E-state index in [9.17, 15) is 4.79 Å². The van der Waals surface area contributed by atoms with Crippen molar-refractivity contribution in [3.05, 3.63) is 65.5 Å². The number of carbonyl (C=O) groups excluding carboxylic acids is 1. The summed E-state index contributed by atoms with van der Waals surface area (Å²) in [4.78, 5) is 18.6. The molecule has 0 saturated carbocycles. The number of nitrogens with zero attached hydrogens (tertiary/aromatic N) is 2. The third-order valence-electron chi connectivity index (χ3n) is 5.70. The number of aromatic nitrogens is 1. The van der Waals surface area contributed by atoms with Crippen molar-refractivity contribution in [1.29, 1.82) is 0 Å². The van der Waals surface area contributed by atoms with Crippen LogP contribution in [0.4, 0.5) is 0 Å². The van der Waals surface area contributed by atoms with E-state index in [0.29, 0.717) is 5.92 Å². The van der Waals surface area contributed by atoms with Gasteiger partial charge >= 0.3 is 0 Å². The van der Waals surface area contributed by atoms with Gasteiger partial charge in [-0.2, -0.15) is 0 Å². The summed E-state index contributed by atoms with van der Waals surface area (Å²) in [5.74, 6) is 0.773. The largest absolute Gasteiger partial charge is 0.339 e. The molecule has 23 heavy (non-hydrogen) atoms. The summed E-state index contributed by atoms with van der Waals surface area (Å²) in [5, 5.41) is 0. The van der Waals surface area contributed by atoms with E-state index in [1.165, 1.54) is 17.5 Å². The lowest BCUT2D eigenvalue weighted by atomic mass is 9.73. The van der Waals surface area contributed by atoms with Crippen molar-refractivity contribution in [3.8, 4) is 0 Å². The molecule has 2 heterocycles. The van der Waals surface area contributed by atoms with E-state index in [0.717, 1.165) is 31.5 Å². The van der Waals surface area contributed by atoms with Gasteiger partial charge in [-0.15, -0.1) is 0 Å². The average molecular weight is 306 g/mol. The molecule has 1 fully saturated rings. The molecule has 0 unspecified atom stereocenters. The van der Waals surface area contributed by atoms with E-state index >= 15 is 0 Å². The van der Waals surface area contributed by atoms with Gasteiger partial charge in [-0.25, -0.2) is 0 Å². The minimum atomic E-state index is 0.140. The summed E-state index contributed by atoms with van der Waals surface area (Å²) in [5.41, 5.74) is 4.08. The molecule has 1 aromatic heterocycles. The summed E-state index contributed by atoms with van der Waals surface area (Å²) in [6.45, 7) is 4.03. The van der Waals surface area contributed by atoms with Crippen LogP contribution in [0.15, 0.2) is 48.8 Å². The number of hydrogen-bond acceptors (Lipinski definition) is 2. The molecule has 2 aromatic rings. The first kappa shape index (κ1) is 14.4. The maximum Gasteiger partial charge on any atom is 0.253 e. The molecule has 3 nitrogen and oxygen atoms in total. The number of hydrogen-bond donors (Lipinski definition) is 0. The number of amides is 1. The maximum absolute atomic E-state index is 12.6. The molecule has 1 atom stereocenters. The highest BCUT2D eigenvalue weighted by atomic mass is 16.2. The highest BCUT2D eigenvalue weighted by Gasteiger charge is 2.44. The minimum absolute atomic E-state index is 0.140. The molecule has 118 valence electrons. The number of fused-ring (bicyclic) bond motifs is 2. The number of pyridine rings is 1. The Hall–Kier alpha value is -2.16. The molecule has 0 N–H and O–H groups in total. The number of piperidine rings is 1. The molecule has 1 aromatic carbocycles. The molecule has 1 amide bonds. The van der Waals surface area contributed by atoms with E-state index in [2.05, 4.69) is 36.2 Å². The number of carbonyl (C=O) groups is 1. The molecular formula is C20H22N2O. The molecular weight excluding hydrogens is 284 g/mol. The van der Waals surface area contributed by atoms with Gasteiger partial charge in [-0.3, -0.25) is 9.78 Å². The van der Waals surface area contributed by atoms with Crippen LogP contribution in [-0.4, -0.2) is 28.9 Å². The van der Waals surface area contributed by atoms with Gasteiger partial charge in [0.2, 0.25) is 0 Å². The van der Waals surface area contributed by atoms with Crippen LogP contribution >= 0.6 is 0 Å². The molecule has 2 aliphatic rings. The normalized spacial score (nSPS) is 22.1. The average Bonchev–Trinajstić information content (AvgIpc) is 2.88. The number of benzene rings is 1.